The predicted octanol–water partition coefficient (Wildman–Crippen LogP) is 4.18. The molecule has 1 aliphatic rings. The van der Waals surface area contributed by atoms with E-state index in [4.69, 9.17) is 21.1 Å². The van der Waals surface area contributed by atoms with Crippen molar-refractivity contribution in [3.05, 3.63) is 76.1 Å². The summed E-state index contributed by atoms with van der Waals surface area (Å²) in [6.07, 6.45) is 2.05. The Bertz CT molecular complexity index is 1180. The van der Waals surface area contributed by atoms with Crippen LogP contribution in [0, 0.1) is 5.82 Å². The Labute approximate surface area is 188 Å². The highest BCUT2D eigenvalue weighted by Crippen LogP contribution is 2.36. The van der Waals surface area contributed by atoms with Crippen LogP contribution in [0.3, 0.4) is 0 Å². The average Bonchev–Trinajstić information content (AvgIpc) is 3.27. The summed E-state index contributed by atoms with van der Waals surface area (Å²) in [6, 6.07) is 7.60. The van der Waals surface area contributed by atoms with Gasteiger partial charge < -0.3 is 24.7 Å². The predicted molar refractivity (Wildman–Crippen MR) is 116 cm³/mol. The number of urea groups is 1. The zero-order chi connectivity index (χ0) is 22.8. The van der Waals surface area contributed by atoms with Gasteiger partial charge in [0.05, 0.1) is 37.5 Å². The molecule has 10 heteroatoms. The first-order chi connectivity index (χ1) is 15.4. The molecule has 32 heavy (non-hydrogen) atoms. The lowest BCUT2D eigenvalue weighted by Gasteiger charge is -2.35. The zero-order valence-electron chi connectivity index (χ0n) is 17.3. The fraction of sp³-hybridized carbons (Fsp3) is 0.227. The summed E-state index contributed by atoms with van der Waals surface area (Å²) in [5, 5.41) is 3.03. The molecule has 0 bridgehead atoms. The van der Waals surface area contributed by atoms with Crippen LogP contribution in [0.2, 0.25) is 5.02 Å². The Kier molecular flexibility index (Phi) is 6.00. The number of benzene rings is 2. The lowest BCUT2D eigenvalue weighted by Crippen LogP contribution is -2.43. The van der Waals surface area contributed by atoms with E-state index in [-0.39, 0.29) is 21.8 Å². The maximum absolute atomic E-state index is 14.8. The van der Waals surface area contributed by atoms with Gasteiger partial charge >= 0.3 is 12.0 Å². The minimum atomic E-state index is -0.767. The van der Waals surface area contributed by atoms with Gasteiger partial charge in [0.2, 0.25) is 0 Å². The molecule has 2 heterocycles. The number of methoxy groups -OCH3 is 2. The Morgan fingerprint density at radius 3 is 2.78 bits per heavy atom. The number of hydrogen-bond donors (Lipinski definition) is 2. The van der Waals surface area contributed by atoms with Crippen molar-refractivity contribution in [3.63, 3.8) is 0 Å². The fourth-order valence-corrected chi connectivity index (χ4v) is 3.93. The van der Waals surface area contributed by atoms with Crippen LogP contribution in [0.5, 0.6) is 5.75 Å². The summed E-state index contributed by atoms with van der Waals surface area (Å²) >= 11 is 5.92. The standard InChI is InChI=1S/C22H20ClFN4O4/c1-31-18-6-3-12(21(29)32-2)9-17(18)27-22(30)28-8-7-16-19(26-11-25-16)20(28)14-5-4-13(23)10-15(14)24/h3-6,9-11,20H,7-8H2,1-2H3,(H,25,26)(H,27,30)/t20-/m0/s1. The lowest BCUT2D eigenvalue weighted by atomic mass is 9.95. The summed E-state index contributed by atoms with van der Waals surface area (Å²) in [7, 11) is 2.72. The number of carbonyl (C=O) groups excluding carboxylic acids is 2. The number of esters is 1. The number of fused-ring (bicyclic) bond motifs is 1. The number of ether oxygens (including phenoxy) is 2. The van der Waals surface area contributed by atoms with Crippen molar-refractivity contribution in [1.82, 2.24) is 14.9 Å². The Morgan fingerprint density at radius 1 is 1.25 bits per heavy atom. The number of H-pyrrole nitrogens is 1. The van der Waals surface area contributed by atoms with Gasteiger partial charge in [-0.2, -0.15) is 0 Å². The highest BCUT2D eigenvalue weighted by molar-refractivity contribution is 6.30. The molecule has 2 amide bonds. The zero-order valence-corrected chi connectivity index (χ0v) is 18.1. The number of imidazole rings is 1. The lowest BCUT2D eigenvalue weighted by molar-refractivity contribution is 0.0600. The van der Waals surface area contributed by atoms with Crippen molar-refractivity contribution in [2.24, 2.45) is 0 Å². The molecule has 0 spiro atoms. The normalized spacial score (nSPS) is 15.1. The minimum absolute atomic E-state index is 0.247. The first-order valence-electron chi connectivity index (χ1n) is 9.74. The summed E-state index contributed by atoms with van der Waals surface area (Å²) in [5.41, 5.74) is 2.19. The molecule has 0 saturated carbocycles. The number of amides is 2. The quantitative estimate of drug-likeness (QED) is 0.572. The number of nitrogens with one attached hydrogen (secondary N) is 2. The molecule has 3 aromatic rings. The van der Waals surface area contributed by atoms with Gasteiger partial charge in [0.15, 0.2) is 0 Å². The van der Waals surface area contributed by atoms with E-state index < -0.39 is 23.9 Å². The summed E-state index contributed by atoms with van der Waals surface area (Å²) in [6.45, 7) is 0.312. The van der Waals surface area contributed by atoms with Crippen LogP contribution >= 0.6 is 11.6 Å². The second-order valence-corrected chi connectivity index (χ2v) is 7.55. The van der Waals surface area contributed by atoms with Crippen LogP contribution in [-0.4, -0.2) is 47.6 Å². The molecule has 1 aromatic heterocycles. The number of halogens is 2. The van der Waals surface area contributed by atoms with E-state index in [1.54, 1.807) is 18.2 Å². The highest BCUT2D eigenvalue weighted by atomic mass is 35.5. The van der Waals surface area contributed by atoms with Gasteiger partial charge in [-0.1, -0.05) is 17.7 Å². The average molecular weight is 459 g/mol. The van der Waals surface area contributed by atoms with Gasteiger partial charge in [-0.05, 0) is 30.3 Å². The molecule has 2 N–H and O–H groups in total. The largest absolute Gasteiger partial charge is 0.495 e. The summed E-state index contributed by atoms with van der Waals surface area (Å²) < 4.78 is 24.9. The molecule has 166 valence electrons. The van der Waals surface area contributed by atoms with Crippen molar-refractivity contribution >= 4 is 29.3 Å². The molecule has 0 radical (unpaired) electrons. The fourth-order valence-electron chi connectivity index (χ4n) is 3.77. The molecule has 4 rings (SSSR count). The third kappa shape index (κ3) is 3.99. The van der Waals surface area contributed by atoms with E-state index in [1.165, 1.54) is 43.6 Å². The van der Waals surface area contributed by atoms with Crippen molar-refractivity contribution < 1.29 is 23.5 Å². The molecule has 2 aromatic carbocycles. The van der Waals surface area contributed by atoms with Gasteiger partial charge in [-0.3, -0.25) is 0 Å². The first-order valence-corrected chi connectivity index (χ1v) is 10.1. The first kappa shape index (κ1) is 21.6. The molecule has 1 atom stereocenters. The second kappa shape index (κ2) is 8.88. The molecule has 1 aliphatic heterocycles. The van der Waals surface area contributed by atoms with Crippen molar-refractivity contribution in [2.45, 2.75) is 12.5 Å². The third-order valence-electron chi connectivity index (χ3n) is 5.31. The molecular formula is C22H20ClFN4O4. The molecule has 8 nitrogen and oxygen atoms in total. The Morgan fingerprint density at radius 2 is 2.06 bits per heavy atom. The number of rotatable bonds is 4. The van der Waals surface area contributed by atoms with E-state index in [1.807, 2.05) is 0 Å². The number of nitrogens with zero attached hydrogens (tertiary/aromatic N) is 2. The van der Waals surface area contributed by atoms with Crippen LogP contribution in [0.1, 0.15) is 33.4 Å². The number of aromatic amines is 1. The van der Waals surface area contributed by atoms with Crippen molar-refractivity contribution in [3.8, 4) is 5.75 Å². The van der Waals surface area contributed by atoms with E-state index >= 15 is 0 Å². The number of anilines is 1. The van der Waals surface area contributed by atoms with Gasteiger partial charge in [0.1, 0.15) is 17.6 Å². The monoisotopic (exact) mass is 458 g/mol. The van der Waals surface area contributed by atoms with Crippen LogP contribution in [0.15, 0.2) is 42.7 Å². The van der Waals surface area contributed by atoms with Gasteiger partial charge in [-0.25, -0.2) is 19.0 Å². The van der Waals surface area contributed by atoms with Gasteiger partial charge in [0.25, 0.3) is 0 Å². The SMILES string of the molecule is COC(=O)c1ccc(OC)c(NC(=O)N2CCc3[nH]cnc3[C@@H]2c2ccc(Cl)cc2F)c1. The molecular weight excluding hydrogens is 439 g/mol. The van der Waals surface area contributed by atoms with Crippen molar-refractivity contribution in [2.75, 3.05) is 26.1 Å². The second-order valence-electron chi connectivity index (χ2n) is 7.11. The molecule has 0 aliphatic carbocycles. The minimum Gasteiger partial charge on any atom is -0.495 e. The van der Waals surface area contributed by atoms with Crippen LogP contribution < -0.4 is 10.1 Å². The molecule has 0 saturated heterocycles. The van der Waals surface area contributed by atoms with Crippen LogP contribution in [0.25, 0.3) is 0 Å². The highest BCUT2D eigenvalue weighted by Gasteiger charge is 2.36. The van der Waals surface area contributed by atoms with E-state index in [2.05, 4.69) is 15.3 Å². The topological polar surface area (TPSA) is 96.5 Å². The van der Waals surface area contributed by atoms with E-state index in [0.29, 0.717) is 24.4 Å². The Balaban J connectivity index is 1.70. The molecule has 0 unspecified atom stereocenters. The van der Waals surface area contributed by atoms with E-state index in [9.17, 15) is 14.0 Å². The Hall–Kier alpha value is -3.59. The van der Waals surface area contributed by atoms with Crippen molar-refractivity contribution in [1.29, 1.82) is 0 Å². The maximum atomic E-state index is 14.8. The number of aromatic nitrogens is 2. The van der Waals surface area contributed by atoms with E-state index in [0.717, 1.165) is 5.69 Å². The van der Waals surface area contributed by atoms with Gasteiger partial charge in [-0.15, -0.1) is 0 Å². The van der Waals surface area contributed by atoms with Crippen LogP contribution in [-0.2, 0) is 11.2 Å². The summed E-state index contributed by atoms with van der Waals surface area (Å²) in [4.78, 5) is 34.1. The third-order valence-corrected chi connectivity index (χ3v) is 5.54. The van der Waals surface area contributed by atoms with Crippen LogP contribution in [0.4, 0.5) is 14.9 Å². The number of hydrogen-bond acceptors (Lipinski definition) is 5. The van der Waals surface area contributed by atoms with Gasteiger partial charge in [0, 0.05) is 29.2 Å². The number of carbonyl (C=O) groups is 2. The molecule has 0 fully saturated rings. The summed E-state index contributed by atoms with van der Waals surface area (Å²) in [5.74, 6) is -0.734. The maximum Gasteiger partial charge on any atom is 0.337 e. The smallest absolute Gasteiger partial charge is 0.337 e.